The molecule has 4 aliphatic carbocycles. The van der Waals surface area contributed by atoms with Crippen LogP contribution in [0.2, 0.25) is 0 Å². The van der Waals surface area contributed by atoms with Gasteiger partial charge in [-0.25, -0.2) is 0 Å². The third kappa shape index (κ3) is 2.29. The molecule has 21 heavy (non-hydrogen) atoms. The van der Waals surface area contributed by atoms with Gasteiger partial charge in [0.15, 0.2) is 0 Å². The van der Waals surface area contributed by atoms with E-state index in [0.717, 1.165) is 12.3 Å². The molecular weight excluding hydrogens is 276 g/mol. The number of hydrogen-bond donors (Lipinski definition) is 2. The predicted octanol–water partition coefficient (Wildman–Crippen LogP) is 4.12. The van der Waals surface area contributed by atoms with Gasteiger partial charge < -0.3 is 0 Å². The van der Waals surface area contributed by atoms with Crippen molar-refractivity contribution < 1.29 is 0 Å². The summed E-state index contributed by atoms with van der Waals surface area (Å²) in [6.45, 7) is 5.09. The lowest BCUT2D eigenvalue weighted by Crippen LogP contribution is -2.62. The molecule has 4 aliphatic rings. The van der Waals surface area contributed by atoms with Crippen LogP contribution in [0.4, 0.5) is 0 Å². The smallest absolute Gasteiger partial charge is 0.0308 e. The van der Waals surface area contributed by atoms with E-state index < -0.39 is 0 Å². The van der Waals surface area contributed by atoms with Gasteiger partial charge in [0.2, 0.25) is 0 Å². The van der Waals surface area contributed by atoms with Crippen LogP contribution in [0.1, 0.15) is 57.9 Å². The first kappa shape index (κ1) is 14.2. The number of nitrogens with one attached hydrogen (secondary N) is 1. The number of thiophene rings is 1. The van der Waals surface area contributed by atoms with E-state index in [9.17, 15) is 0 Å². The van der Waals surface area contributed by atoms with Crippen molar-refractivity contribution >= 4 is 11.3 Å². The highest BCUT2D eigenvalue weighted by molar-refractivity contribution is 7.07. The van der Waals surface area contributed by atoms with Crippen LogP contribution in [-0.2, 0) is 6.42 Å². The molecule has 3 atom stereocenters. The summed E-state index contributed by atoms with van der Waals surface area (Å²) in [7, 11) is 0. The molecule has 0 aromatic carbocycles. The second kappa shape index (κ2) is 4.56. The maximum atomic E-state index is 6.05. The van der Waals surface area contributed by atoms with Gasteiger partial charge in [-0.1, -0.05) is 13.8 Å². The number of nitrogens with two attached hydrogens (primary N) is 1. The van der Waals surface area contributed by atoms with Gasteiger partial charge in [-0.15, -0.1) is 0 Å². The minimum absolute atomic E-state index is 0.430. The predicted molar refractivity (Wildman–Crippen MR) is 89.0 cm³/mol. The molecule has 1 aromatic rings. The normalized spacial score (nSPS) is 46.0. The maximum absolute atomic E-state index is 6.05. The van der Waals surface area contributed by atoms with E-state index >= 15 is 0 Å². The van der Waals surface area contributed by atoms with Crippen molar-refractivity contribution in [3.63, 3.8) is 0 Å². The van der Waals surface area contributed by atoms with Gasteiger partial charge in [-0.3, -0.25) is 11.3 Å². The molecule has 3 unspecified atom stereocenters. The summed E-state index contributed by atoms with van der Waals surface area (Å²) in [6, 6.07) is 2.70. The van der Waals surface area contributed by atoms with Crippen LogP contribution in [0.15, 0.2) is 16.8 Å². The lowest BCUT2D eigenvalue weighted by molar-refractivity contribution is -0.157. The standard InChI is InChI=1S/C18H28N2S/c1-16-6-14-7-17(2,10-16)12-18(8-14,11-16)15(20-19)5-13-3-4-21-9-13/h3-4,9,14-15,20H,5-8,10-12,19H2,1-2H3. The van der Waals surface area contributed by atoms with Crippen molar-refractivity contribution in [1.29, 1.82) is 0 Å². The number of hydrazine groups is 1. The largest absolute Gasteiger partial charge is 0.271 e. The van der Waals surface area contributed by atoms with E-state index in [-0.39, 0.29) is 0 Å². The second-order valence-electron chi connectivity index (χ2n) is 9.05. The van der Waals surface area contributed by atoms with Crippen LogP contribution < -0.4 is 11.3 Å². The number of hydrogen-bond acceptors (Lipinski definition) is 3. The SMILES string of the molecule is CC12CC3CC(C)(C1)CC(C(Cc1ccsc1)NN)(C3)C2. The third-order valence-electron chi connectivity index (χ3n) is 6.63. The molecule has 4 saturated carbocycles. The molecule has 4 bridgehead atoms. The van der Waals surface area contributed by atoms with E-state index in [4.69, 9.17) is 5.84 Å². The summed E-state index contributed by atoms with van der Waals surface area (Å²) in [5, 5.41) is 4.47. The van der Waals surface area contributed by atoms with Crippen LogP contribution >= 0.6 is 11.3 Å². The van der Waals surface area contributed by atoms with Crippen molar-refractivity contribution in [3.8, 4) is 0 Å². The van der Waals surface area contributed by atoms with Crippen molar-refractivity contribution in [2.45, 2.75) is 64.8 Å². The fraction of sp³-hybridized carbons (Fsp3) is 0.778. The van der Waals surface area contributed by atoms with E-state index in [2.05, 4.69) is 36.1 Å². The molecular formula is C18H28N2S. The van der Waals surface area contributed by atoms with Crippen LogP contribution in [0, 0.1) is 22.2 Å². The Hall–Kier alpha value is -0.380. The zero-order chi connectivity index (χ0) is 14.7. The van der Waals surface area contributed by atoms with Crippen LogP contribution in [0.3, 0.4) is 0 Å². The van der Waals surface area contributed by atoms with Crippen molar-refractivity contribution in [3.05, 3.63) is 22.4 Å². The van der Waals surface area contributed by atoms with Gasteiger partial charge >= 0.3 is 0 Å². The van der Waals surface area contributed by atoms with E-state index in [1.54, 1.807) is 11.3 Å². The molecule has 0 amide bonds. The summed E-state index contributed by atoms with van der Waals surface area (Å²) < 4.78 is 0. The summed E-state index contributed by atoms with van der Waals surface area (Å²) >= 11 is 1.80. The Morgan fingerprint density at radius 3 is 2.48 bits per heavy atom. The molecule has 116 valence electrons. The van der Waals surface area contributed by atoms with E-state index in [1.165, 1.54) is 44.1 Å². The quantitative estimate of drug-likeness (QED) is 0.648. The molecule has 3 heteroatoms. The molecule has 4 fully saturated rings. The molecule has 0 saturated heterocycles. The third-order valence-corrected chi connectivity index (χ3v) is 7.36. The topological polar surface area (TPSA) is 38.0 Å². The highest BCUT2D eigenvalue weighted by Crippen LogP contribution is 2.70. The summed E-state index contributed by atoms with van der Waals surface area (Å²) in [4.78, 5) is 0. The Bertz CT molecular complexity index is 505. The molecule has 2 nitrogen and oxygen atoms in total. The van der Waals surface area contributed by atoms with E-state index in [0.29, 0.717) is 22.3 Å². The highest BCUT2D eigenvalue weighted by Gasteiger charge is 2.61. The average molecular weight is 305 g/mol. The first-order valence-corrected chi connectivity index (χ1v) is 9.36. The molecule has 1 heterocycles. The zero-order valence-corrected chi connectivity index (χ0v) is 14.1. The summed E-state index contributed by atoms with van der Waals surface area (Å²) in [5.41, 5.74) is 6.25. The van der Waals surface area contributed by atoms with Gasteiger partial charge in [-0.05, 0) is 89.5 Å². The Balaban J connectivity index is 1.66. The van der Waals surface area contributed by atoms with Crippen LogP contribution in [-0.4, -0.2) is 6.04 Å². The molecule has 1 aromatic heterocycles. The fourth-order valence-corrected chi connectivity index (χ4v) is 7.70. The Morgan fingerprint density at radius 1 is 1.24 bits per heavy atom. The van der Waals surface area contributed by atoms with Gasteiger partial charge in [0.25, 0.3) is 0 Å². The molecule has 0 aliphatic heterocycles. The summed E-state index contributed by atoms with van der Waals surface area (Å²) in [6.07, 6.45) is 9.61. The molecule has 0 radical (unpaired) electrons. The highest BCUT2D eigenvalue weighted by atomic mass is 32.1. The minimum atomic E-state index is 0.430. The van der Waals surface area contributed by atoms with Gasteiger partial charge in [0.1, 0.15) is 0 Å². The Morgan fingerprint density at radius 2 is 1.95 bits per heavy atom. The number of rotatable bonds is 4. The average Bonchev–Trinajstić information content (AvgIpc) is 2.83. The molecule has 3 N–H and O–H groups in total. The van der Waals surface area contributed by atoms with Gasteiger partial charge in [0.05, 0.1) is 0 Å². The van der Waals surface area contributed by atoms with Crippen LogP contribution in [0.5, 0.6) is 0 Å². The minimum Gasteiger partial charge on any atom is -0.271 e. The van der Waals surface area contributed by atoms with E-state index in [1.807, 2.05) is 0 Å². The van der Waals surface area contributed by atoms with Gasteiger partial charge in [0, 0.05) is 6.04 Å². The lowest BCUT2D eigenvalue weighted by atomic mass is 9.39. The fourth-order valence-electron chi connectivity index (χ4n) is 7.02. The van der Waals surface area contributed by atoms with Crippen molar-refractivity contribution in [1.82, 2.24) is 5.43 Å². The van der Waals surface area contributed by atoms with Crippen molar-refractivity contribution in [2.75, 3.05) is 0 Å². The van der Waals surface area contributed by atoms with Crippen LogP contribution in [0.25, 0.3) is 0 Å². The Labute approximate surface area is 132 Å². The van der Waals surface area contributed by atoms with Gasteiger partial charge in [-0.2, -0.15) is 11.3 Å². The monoisotopic (exact) mass is 304 g/mol. The Kier molecular flexibility index (Phi) is 3.09. The first-order valence-electron chi connectivity index (χ1n) is 8.42. The second-order valence-corrected chi connectivity index (χ2v) is 9.83. The zero-order valence-electron chi connectivity index (χ0n) is 13.3. The maximum Gasteiger partial charge on any atom is 0.0308 e. The summed E-state index contributed by atoms with van der Waals surface area (Å²) in [5.74, 6) is 6.99. The lowest BCUT2D eigenvalue weighted by Gasteiger charge is -2.67. The van der Waals surface area contributed by atoms with Crippen molar-refractivity contribution in [2.24, 2.45) is 28.0 Å². The molecule has 0 spiro atoms. The molecule has 5 rings (SSSR count). The first-order chi connectivity index (χ1) is 9.94.